The summed E-state index contributed by atoms with van der Waals surface area (Å²) in [6.07, 6.45) is 2.56. The molecule has 1 saturated heterocycles. The first-order valence-corrected chi connectivity index (χ1v) is 12.0. The first kappa shape index (κ1) is 22.4. The number of piperazine rings is 1. The van der Waals surface area contributed by atoms with Gasteiger partial charge in [0.15, 0.2) is 0 Å². The van der Waals surface area contributed by atoms with Gasteiger partial charge in [-0.1, -0.05) is 18.2 Å². The van der Waals surface area contributed by atoms with E-state index in [-0.39, 0.29) is 6.09 Å². The molecule has 6 nitrogen and oxygen atoms in total. The van der Waals surface area contributed by atoms with Crippen molar-refractivity contribution in [2.75, 3.05) is 32.7 Å². The predicted octanol–water partition coefficient (Wildman–Crippen LogP) is 4.30. The van der Waals surface area contributed by atoms with E-state index in [2.05, 4.69) is 27.9 Å². The van der Waals surface area contributed by atoms with E-state index in [1.807, 2.05) is 48.8 Å². The normalized spacial score (nSPS) is 14.5. The van der Waals surface area contributed by atoms with Crippen molar-refractivity contribution in [2.24, 2.45) is 0 Å². The number of hydrogen-bond acceptors (Lipinski definition) is 6. The summed E-state index contributed by atoms with van der Waals surface area (Å²) in [6, 6.07) is 13.9. The molecule has 0 radical (unpaired) electrons. The lowest BCUT2D eigenvalue weighted by Gasteiger charge is -2.33. The number of hydrogen-bond donors (Lipinski definition) is 0. The molecule has 0 saturated carbocycles. The Balaban J connectivity index is 1.20. The number of benzene rings is 1. The average Bonchev–Trinajstić information content (AvgIpc) is 3.22. The second kappa shape index (κ2) is 10.7. The molecule has 4 rings (SSSR count). The first-order valence-electron chi connectivity index (χ1n) is 11.2. The van der Waals surface area contributed by atoms with Crippen molar-refractivity contribution in [1.82, 2.24) is 19.8 Å². The molecule has 3 aromatic rings. The summed E-state index contributed by atoms with van der Waals surface area (Å²) in [5.41, 5.74) is 6.39. The number of carbonyl (C=O) groups excluding carboxylic acids is 1. The molecule has 0 spiro atoms. The van der Waals surface area contributed by atoms with Crippen LogP contribution in [0.1, 0.15) is 27.5 Å². The zero-order chi connectivity index (χ0) is 22.3. The third-order valence-electron chi connectivity index (χ3n) is 5.87. The summed E-state index contributed by atoms with van der Waals surface area (Å²) < 4.78 is 5.61. The molecule has 1 amide bonds. The van der Waals surface area contributed by atoms with Gasteiger partial charge in [0.25, 0.3) is 0 Å². The number of pyridine rings is 1. The summed E-state index contributed by atoms with van der Waals surface area (Å²) in [4.78, 5) is 27.0. The van der Waals surface area contributed by atoms with E-state index in [4.69, 9.17) is 4.74 Å². The highest BCUT2D eigenvalue weighted by molar-refractivity contribution is 7.09. The largest absolute Gasteiger partial charge is 0.415 e. The minimum absolute atomic E-state index is 0.264. The number of nitrogens with zero attached hydrogens (tertiary/aromatic N) is 4. The second-order valence-electron chi connectivity index (χ2n) is 8.22. The number of carbonyl (C=O) groups is 1. The second-order valence-corrected chi connectivity index (χ2v) is 9.16. The van der Waals surface area contributed by atoms with E-state index in [1.165, 1.54) is 10.4 Å². The number of thiazole rings is 1. The van der Waals surface area contributed by atoms with Crippen LogP contribution in [-0.2, 0) is 19.3 Å². The van der Waals surface area contributed by atoms with Gasteiger partial charge in [-0.2, -0.15) is 0 Å². The van der Waals surface area contributed by atoms with Crippen molar-refractivity contribution in [3.63, 3.8) is 0 Å². The molecule has 7 heteroatoms. The highest BCUT2D eigenvalue weighted by Gasteiger charge is 2.22. The van der Waals surface area contributed by atoms with Gasteiger partial charge in [0.2, 0.25) is 0 Å². The Morgan fingerprint density at radius 3 is 2.47 bits per heavy atom. The Morgan fingerprint density at radius 1 is 1.00 bits per heavy atom. The van der Waals surface area contributed by atoms with Crippen LogP contribution in [-0.4, -0.2) is 58.6 Å². The van der Waals surface area contributed by atoms with Crippen LogP contribution in [0.5, 0.6) is 5.75 Å². The lowest BCUT2D eigenvalue weighted by atomic mass is 10.1. The van der Waals surface area contributed by atoms with Gasteiger partial charge in [0.05, 0.1) is 11.2 Å². The van der Waals surface area contributed by atoms with Crippen molar-refractivity contribution >= 4 is 17.4 Å². The molecular formula is C25H30N4O2S. The molecule has 32 heavy (non-hydrogen) atoms. The molecular weight excluding hydrogens is 420 g/mol. The van der Waals surface area contributed by atoms with Crippen LogP contribution in [0.3, 0.4) is 0 Å². The SMILES string of the molecule is Cc1cccc(CCc2ccc(OC(=O)N3CCN(CCc4scnc4C)CC3)cc2)n1. The van der Waals surface area contributed by atoms with E-state index in [1.54, 1.807) is 16.2 Å². The van der Waals surface area contributed by atoms with Crippen molar-refractivity contribution in [2.45, 2.75) is 33.1 Å². The third kappa shape index (κ3) is 6.14. The number of ether oxygens (including phenoxy) is 1. The van der Waals surface area contributed by atoms with E-state index in [9.17, 15) is 4.79 Å². The molecule has 1 aromatic carbocycles. The summed E-state index contributed by atoms with van der Waals surface area (Å²) in [7, 11) is 0. The molecule has 168 valence electrons. The van der Waals surface area contributed by atoms with Crippen LogP contribution < -0.4 is 4.74 Å². The molecule has 0 unspecified atom stereocenters. The monoisotopic (exact) mass is 450 g/mol. The molecule has 2 aromatic heterocycles. The van der Waals surface area contributed by atoms with Crippen molar-refractivity contribution in [3.05, 3.63) is 75.5 Å². The summed E-state index contributed by atoms with van der Waals surface area (Å²) >= 11 is 1.72. The smallest absolute Gasteiger partial charge is 0.410 e. The van der Waals surface area contributed by atoms with Crippen LogP contribution in [0, 0.1) is 13.8 Å². The Labute approximate surface area is 193 Å². The zero-order valence-electron chi connectivity index (χ0n) is 18.8. The topological polar surface area (TPSA) is 58.6 Å². The maximum absolute atomic E-state index is 12.6. The highest BCUT2D eigenvalue weighted by atomic mass is 32.1. The zero-order valence-corrected chi connectivity index (χ0v) is 19.6. The van der Waals surface area contributed by atoms with Gasteiger partial charge in [-0.15, -0.1) is 11.3 Å². The molecule has 1 aliphatic rings. The fraction of sp³-hybridized carbons (Fsp3) is 0.400. The average molecular weight is 451 g/mol. The molecule has 0 aliphatic carbocycles. The Kier molecular flexibility index (Phi) is 7.50. The van der Waals surface area contributed by atoms with Gasteiger partial charge in [-0.25, -0.2) is 9.78 Å². The fourth-order valence-corrected chi connectivity index (χ4v) is 4.65. The highest BCUT2D eigenvalue weighted by Crippen LogP contribution is 2.17. The summed E-state index contributed by atoms with van der Waals surface area (Å²) in [5, 5.41) is 0. The van der Waals surface area contributed by atoms with Crippen LogP contribution in [0.15, 0.2) is 48.0 Å². The van der Waals surface area contributed by atoms with Crippen molar-refractivity contribution in [3.8, 4) is 5.75 Å². The van der Waals surface area contributed by atoms with Crippen LogP contribution in [0.4, 0.5) is 4.79 Å². The molecule has 0 atom stereocenters. The maximum atomic E-state index is 12.6. The van der Waals surface area contributed by atoms with E-state index in [0.717, 1.165) is 56.0 Å². The van der Waals surface area contributed by atoms with Crippen molar-refractivity contribution < 1.29 is 9.53 Å². The van der Waals surface area contributed by atoms with Gasteiger partial charge >= 0.3 is 6.09 Å². The molecule has 0 bridgehead atoms. The first-order chi connectivity index (χ1) is 15.6. The number of aromatic nitrogens is 2. The Morgan fingerprint density at radius 2 is 1.78 bits per heavy atom. The van der Waals surface area contributed by atoms with Crippen LogP contribution >= 0.6 is 11.3 Å². The Bertz CT molecular complexity index is 1030. The number of aryl methyl sites for hydroxylation is 4. The van der Waals surface area contributed by atoms with Gasteiger partial charge in [0, 0.05) is 49.0 Å². The van der Waals surface area contributed by atoms with Gasteiger partial charge in [0.1, 0.15) is 5.75 Å². The lowest BCUT2D eigenvalue weighted by Crippen LogP contribution is -2.49. The van der Waals surface area contributed by atoms with E-state index in [0.29, 0.717) is 18.8 Å². The maximum Gasteiger partial charge on any atom is 0.415 e. The van der Waals surface area contributed by atoms with Gasteiger partial charge < -0.3 is 9.64 Å². The number of amides is 1. The Hall–Kier alpha value is -2.77. The fourth-order valence-electron chi connectivity index (χ4n) is 3.88. The quantitative estimate of drug-likeness (QED) is 0.537. The molecule has 3 heterocycles. The summed E-state index contributed by atoms with van der Waals surface area (Å²) in [6.45, 7) is 8.22. The van der Waals surface area contributed by atoms with Crippen molar-refractivity contribution in [1.29, 1.82) is 0 Å². The predicted molar refractivity (Wildman–Crippen MR) is 127 cm³/mol. The standard InChI is InChI=1S/C25H30N4O2S/c1-19-4-3-5-22(27-19)9-6-21-7-10-23(11-8-21)31-25(30)29-16-14-28(15-17-29)13-12-24-20(2)26-18-32-24/h3-5,7-8,10-11,18H,6,9,12-17H2,1-2H3. The van der Waals surface area contributed by atoms with Gasteiger partial charge in [-0.05, 0) is 62.9 Å². The van der Waals surface area contributed by atoms with E-state index >= 15 is 0 Å². The number of rotatable bonds is 7. The van der Waals surface area contributed by atoms with Gasteiger partial charge in [-0.3, -0.25) is 9.88 Å². The minimum Gasteiger partial charge on any atom is -0.410 e. The lowest BCUT2D eigenvalue weighted by molar-refractivity contribution is 0.111. The van der Waals surface area contributed by atoms with Crippen LogP contribution in [0.25, 0.3) is 0 Å². The molecule has 1 fully saturated rings. The third-order valence-corrected chi connectivity index (χ3v) is 6.87. The molecule has 0 N–H and O–H groups in total. The van der Waals surface area contributed by atoms with E-state index < -0.39 is 0 Å². The molecule has 1 aliphatic heterocycles. The summed E-state index contributed by atoms with van der Waals surface area (Å²) in [5.74, 6) is 0.593. The minimum atomic E-state index is -0.264. The van der Waals surface area contributed by atoms with Crippen LogP contribution in [0.2, 0.25) is 0 Å².